The van der Waals surface area contributed by atoms with Crippen LogP contribution >= 0.6 is 11.3 Å². The molecule has 0 bridgehead atoms. The third-order valence-electron chi connectivity index (χ3n) is 4.44. The van der Waals surface area contributed by atoms with Gasteiger partial charge in [0.25, 0.3) is 5.91 Å². The number of hydrogen-bond acceptors (Lipinski definition) is 6. The Bertz CT molecular complexity index is 1140. The topological polar surface area (TPSA) is 115 Å². The number of H-pyrrole nitrogens is 1. The first-order valence-electron chi connectivity index (χ1n) is 8.96. The molecular formula is C19H21N7OS. The fourth-order valence-corrected chi connectivity index (χ4v) is 3.99. The zero-order chi connectivity index (χ0) is 19.8. The maximum atomic E-state index is 12.7. The molecule has 8 nitrogen and oxygen atoms in total. The van der Waals surface area contributed by atoms with Gasteiger partial charge < -0.3 is 11.1 Å². The van der Waals surface area contributed by atoms with Gasteiger partial charge in [-0.05, 0) is 36.2 Å². The molecule has 0 aliphatic carbocycles. The van der Waals surface area contributed by atoms with Crippen LogP contribution < -0.4 is 11.1 Å². The molecule has 0 saturated carbocycles. The van der Waals surface area contributed by atoms with Crippen LogP contribution in [0.4, 0.5) is 5.69 Å². The highest BCUT2D eigenvalue weighted by molar-refractivity contribution is 7.20. The van der Waals surface area contributed by atoms with E-state index in [4.69, 9.17) is 5.73 Å². The Balaban J connectivity index is 1.53. The standard InChI is InChI=1S/C19H21N7OS/c1-10(2)16-13-8-14(28-19(13)26(3)25-16)18(27)21-12-6-4-11(5-7-12)17-22-15(9-20)23-24-17/h4-8,10H,9,20H2,1-3H3,(H,21,27)(H,22,23,24). The molecule has 3 aromatic heterocycles. The van der Waals surface area contributed by atoms with Gasteiger partial charge >= 0.3 is 0 Å². The molecule has 0 fully saturated rings. The summed E-state index contributed by atoms with van der Waals surface area (Å²) >= 11 is 1.45. The van der Waals surface area contributed by atoms with Gasteiger partial charge in [0.2, 0.25) is 0 Å². The van der Waals surface area contributed by atoms with Crippen LogP contribution in [0.1, 0.15) is 41.0 Å². The maximum Gasteiger partial charge on any atom is 0.265 e. The summed E-state index contributed by atoms with van der Waals surface area (Å²) in [4.78, 5) is 18.7. The fraction of sp³-hybridized carbons (Fsp3) is 0.263. The van der Waals surface area contributed by atoms with Crippen LogP contribution in [0.5, 0.6) is 0 Å². The highest BCUT2D eigenvalue weighted by atomic mass is 32.1. The first-order valence-corrected chi connectivity index (χ1v) is 9.77. The molecule has 144 valence electrons. The lowest BCUT2D eigenvalue weighted by Crippen LogP contribution is -2.10. The van der Waals surface area contributed by atoms with E-state index >= 15 is 0 Å². The molecule has 3 heterocycles. The van der Waals surface area contributed by atoms with Crippen molar-refractivity contribution in [1.29, 1.82) is 0 Å². The predicted molar refractivity (Wildman–Crippen MR) is 110 cm³/mol. The lowest BCUT2D eigenvalue weighted by molar-refractivity contribution is 0.103. The quantitative estimate of drug-likeness (QED) is 0.480. The molecule has 4 aromatic rings. The van der Waals surface area contributed by atoms with Gasteiger partial charge in [-0.1, -0.05) is 13.8 Å². The minimum atomic E-state index is -0.132. The van der Waals surface area contributed by atoms with Gasteiger partial charge in [0, 0.05) is 23.7 Å². The third-order valence-corrected chi connectivity index (χ3v) is 5.64. The van der Waals surface area contributed by atoms with Crippen molar-refractivity contribution in [3.8, 4) is 11.4 Å². The molecule has 28 heavy (non-hydrogen) atoms. The number of nitrogens with two attached hydrogens (primary N) is 1. The molecule has 4 rings (SSSR count). The van der Waals surface area contributed by atoms with Gasteiger partial charge in [-0.3, -0.25) is 14.6 Å². The number of fused-ring (bicyclic) bond motifs is 1. The SMILES string of the molecule is CC(C)c1nn(C)c2sc(C(=O)Nc3ccc(-c4n[nH]c(CN)n4)cc3)cc12. The summed E-state index contributed by atoms with van der Waals surface area (Å²) in [6.45, 7) is 4.52. The van der Waals surface area contributed by atoms with Crippen LogP contribution in [0.15, 0.2) is 30.3 Å². The molecule has 1 aromatic carbocycles. The summed E-state index contributed by atoms with van der Waals surface area (Å²) in [6, 6.07) is 9.32. The Morgan fingerprint density at radius 3 is 2.71 bits per heavy atom. The summed E-state index contributed by atoms with van der Waals surface area (Å²) in [5.74, 6) is 1.38. The molecule has 4 N–H and O–H groups in total. The van der Waals surface area contributed by atoms with Crippen molar-refractivity contribution in [2.24, 2.45) is 12.8 Å². The number of aryl methyl sites for hydroxylation is 1. The number of aromatic nitrogens is 5. The van der Waals surface area contributed by atoms with Gasteiger partial charge in [-0.15, -0.1) is 11.3 Å². The van der Waals surface area contributed by atoms with E-state index < -0.39 is 0 Å². The molecule has 0 spiro atoms. The molecule has 0 aliphatic rings. The Kier molecular flexibility index (Phi) is 4.70. The number of carbonyl (C=O) groups excluding carboxylic acids is 1. The summed E-state index contributed by atoms with van der Waals surface area (Å²) < 4.78 is 1.84. The van der Waals surface area contributed by atoms with Crippen molar-refractivity contribution in [3.63, 3.8) is 0 Å². The largest absolute Gasteiger partial charge is 0.324 e. The van der Waals surface area contributed by atoms with E-state index in [1.54, 1.807) is 0 Å². The predicted octanol–water partition coefficient (Wildman–Crippen LogP) is 3.25. The van der Waals surface area contributed by atoms with Crippen LogP contribution in [0.2, 0.25) is 0 Å². The summed E-state index contributed by atoms with van der Waals surface area (Å²) in [6.07, 6.45) is 0. The Labute approximate surface area is 165 Å². The minimum absolute atomic E-state index is 0.132. The Morgan fingerprint density at radius 1 is 1.32 bits per heavy atom. The second-order valence-corrected chi connectivity index (χ2v) is 7.86. The first kappa shape index (κ1) is 18.3. The molecule has 0 saturated heterocycles. The minimum Gasteiger partial charge on any atom is -0.324 e. The number of nitrogens with zero attached hydrogens (tertiary/aromatic N) is 4. The van der Waals surface area contributed by atoms with E-state index in [-0.39, 0.29) is 5.91 Å². The number of hydrogen-bond donors (Lipinski definition) is 3. The van der Waals surface area contributed by atoms with Crippen LogP contribution in [0.25, 0.3) is 21.6 Å². The Hall–Kier alpha value is -3.04. The molecule has 9 heteroatoms. The lowest BCUT2D eigenvalue weighted by atomic mass is 10.1. The van der Waals surface area contributed by atoms with Crippen molar-refractivity contribution >= 4 is 33.1 Å². The number of carbonyl (C=O) groups is 1. The fourth-order valence-electron chi connectivity index (χ4n) is 3.02. The van der Waals surface area contributed by atoms with E-state index in [1.807, 2.05) is 42.1 Å². The summed E-state index contributed by atoms with van der Waals surface area (Å²) in [7, 11) is 1.91. The zero-order valence-corrected chi connectivity index (χ0v) is 16.7. The van der Waals surface area contributed by atoms with Gasteiger partial charge in [0.15, 0.2) is 5.82 Å². The zero-order valence-electron chi connectivity index (χ0n) is 15.9. The van der Waals surface area contributed by atoms with Crippen LogP contribution in [0, 0.1) is 0 Å². The number of aromatic amines is 1. The van der Waals surface area contributed by atoms with E-state index in [1.165, 1.54) is 11.3 Å². The van der Waals surface area contributed by atoms with Crippen molar-refractivity contribution < 1.29 is 4.79 Å². The highest BCUT2D eigenvalue weighted by Gasteiger charge is 2.18. The number of anilines is 1. The molecular weight excluding hydrogens is 374 g/mol. The van der Waals surface area contributed by atoms with E-state index in [0.29, 0.717) is 34.7 Å². The second kappa shape index (κ2) is 7.17. The number of nitrogens with one attached hydrogen (secondary N) is 2. The highest BCUT2D eigenvalue weighted by Crippen LogP contribution is 2.32. The van der Waals surface area contributed by atoms with Crippen molar-refractivity contribution in [2.45, 2.75) is 26.3 Å². The first-order chi connectivity index (χ1) is 13.5. The second-order valence-electron chi connectivity index (χ2n) is 6.83. The van der Waals surface area contributed by atoms with Crippen LogP contribution in [-0.2, 0) is 13.6 Å². The van der Waals surface area contributed by atoms with E-state index in [0.717, 1.165) is 21.5 Å². The number of rotatable bonds is 5. The average Bonchev–Trinajstić information content (AvgIpc) is 3.38. The van der Waals surface area contributed by atoms with Gasteiger partial charge in [-0.25, -0.2) is 4.98 Å². The Morgan fingerprint density at radius 2 is 2.07 bits per heavy atom. The van der Waals surface area contributed by atoms with Crippen LogP contribution in [-0.4, -0.2) is 30.9 Å². The van der Waals surface area contributed by atoms with E-state index in [2.05, 4.69) is 39.4 Å². The molecule has 0 aliphatic heterocycles. The monoisotopic (exact) mass is 395 g/mol. The molecule has 1 amide bonds. The van der Waals surface area contributed by atoms with Crippen molar-refractivity contribution in [1.82, 2.24) is 25.0 Å². The number of benzene rings is 1. The molecule has 0 radical (unpaired) electrons. The van der Waals surface area contributed by atoms with Crippen LogP contribution in [0.3, 0.4) is 0 Å². The molecule has 0 atom stereocenters. The van der Waals surface area contributed by atoms with Gasteiger partial charge in [-0.2, -0.15) is 10.2 Å². The summed E-state index contributed by atoms with van der Waals surface area (Å²) in [5, 5.41) is 15.5. The number of thiophene rings is 1. The maximum absolute atomic E-state index is 12.7. The van der Waals surface area contributed by atoms with Gasteiger partial charge in [0.1, 0.15) is 10.7 Å². The van der Waals surface area contributed by atoms with Gasteiger partial charge in [0.05, 0.1) is 17.1 Å². The van der Waals surface area contributed by atoms with Crippen molar-refractivity contribution in [2.75, 3.05) is 5.32 Å². The average molecular weight is 395 g/mol. The number of amides is 1. The molecule has 0 unspecified atom stereocenters. The normalized spacial score (nSPS) is 11.5. The summed E-state index contributed by atoms with van der Waals surface area (Å²) in [5.41, 5.74) is 8.12. The third kappa shape index (κ3) is 3.30. The van der Waals surface area contributed by atoms with Crippen molar-refractivity contribution in [3.05, 3.63) is 46.7 Å². The smallest absolute Gasteiger partial charge is 0.265 e. The lowest BCUT2D eigenvalue weighted by Gasteiger charge is -2.04. The van der Waals surface area contributed by atoms with E-state index in [9.17, 15) is 4.79 Å².